The van der Waals surface area contributed by atoms with E-state index in [1.165, 1.54) is 44.1 Å². The van der Waals surface area contributed by atoms with Crippen molar-refractivity contribution in [3.8, 4) is 6.07 Å². The van der Waals surface area contributed by atoms with E-state index in [1.807, 2.05) is 30.3 Å². The van der Waals surface area contributed by atoms with Crippen LogP contribution in [0.1, 0.15) is 73.1 Å². The fraction of sp³-hybridized carbons (Fsp3) is 0.379. The van der Waals surface area contributed by atoms with E-state index in [9.17, 15) is 5.26 Å². The molecule has 1 unspecified atom stereocenters. The van der Waals surface area contributed by atoms with Crippen LogP contribution >= 0.6 is 0 Å². The van der Waals surface area contributed by atoms with Crippen LogP contribution < -0.4 is 22.5 Å². The molecule has 3 aliphatic carbocycles. The highest BCUT2D eigenvalue weighted by Gasteiger charge is 2.48. The van der Waals surface area contributed by atoms with Gasteiger partial charge in [0.2, 0.25) is 0 Å². The van der Waals surface area contributed by atoms with Gasteiger partial charge < -0.3 is 22.5 Å². The molecule has 6 rings (SSSR count). The minimum absolute atomic E-state index is 0.0320. The molecule has 6 heteroatoms. The van der Waals surface area contributed by atoms with Gasteiger partial charge in [-0.15, -0.1) is 0 Å². The van der Waals surface area contributed by atoms with Crippen LogP contribution in [0.5, 0.6) is 0 Å². The molecule has 1 heterocycles. The maximum Gasteiger partial charge on any atom is 0.149 e. The van der Waals surface area contributed by atoms with E-state index < -0.39 is 0 Å². The highest BCUT2D eigenvalue weighted by Crippen LogP contribution is 2.53. The van der Waals surface area contributed by atoms with E-state index >= 15 is 0 Å². The molecule has 0 radical (unpaired) electrons. The Bertz CT molecular complexity index is 1220. The first-order valence-electron chi connectivity index (χ1n) is 12.6. The molecule has 7 N–H and O–H groups in total. The summed E-state index contributed by atoms with van der Waals surface area (Å²) in [6.45, 7) is 0.849. The minimum Gasteiger partial charge on any atom is -0.396 e. The first kappa shape index (κ1) is 23.2. The van der Waals surface area contributed by atoms with Gasteiger partial charge in [0.25, 0.3) is 0 Å². The summed E-state index contributed by atoms with van der Waals surface area (Å²) >= 11 is 0. The number of hydrogen-bond donors (Lipinski definition) is 4. The molecular formula is C29H34N6. The molecule has 35 heavy (non-hydrogen) atoms. The van der Waals surface area contributed by atoms with Crippen molar-refractivity contribution in [2.45, 2.75) is 61.8 Å². The fourth-order valence-electron chi connectivity index (χ4n) is 6.39. The summed E-state index contributed by atoms with van der Waals surface area (Å²) in [6, 6.07) is 22.9. The summed E-state index contributed by atoms with van der Waals surface area (Å²) in [7, 11) is 0. The van der Waals surface area contributed by atoms with Crippen molar-refractivity contribution in [2.24, 2.45) is 0 Å². The Balaban J connectivity index is 1.33. The summed E-state index contributed by atoms with van der Waals surface area (Å²) in [5, 5.41) is 13.4. The number of nitrogens with two attached hydrogens (primary N) is 3. The molecule has 2 aromatic carbocycles. The second-order valence-electron chi connectivity index (χ2n) is 10.4. The second kappa shape index (κ2) is 9.24. The van der Waals surface area contributed by atoms with Crippen LogP contribution in [0.15, 0.2) is 60.7 Å². The van der Waals surface area contributed by atoms with Gasteiger partial charge in [0, 0.05) is 11.5 Å². The van der Waals surface area contributed by atoms with Crippen molar-refractivity contribution in [2.75, 3.05) is 23.7 Å². The van der Waals surface area contributed by atoms with Gasteiger partial charge in [-0.2, -0.15) is 5.26 Å². The Morgan fingerprint density at radius 3 is 2.31 bits per heavy atom. The predicted octanol–water partition coefficient (Wildman–Crippen LogP) is 4.86. The van der Waals surface area contributed by atoms with Gasteiger partial charge in [-0.3, -0.25) is 0 Å². The molecule has 3 aliphatic rings. The van der Waals surface area contributed by atoms with Crippen molar-refractivity contribution in [1.82, 2.24) is 10.3 Å². The third-order valence-electron chi connectivity index (χ3n) is 8.50. The molecule has 0 saturated heterocycles. The van der Waals surface area contributed by atoms with Crippen LogP contribution in [0.25, 0.3) is 0 Å². The van der Waals surface area contributed by atoms with E-state index in [-0.39, 0.29) is 17.3 Å². The Hall–Kier alpha value is -3.56. The highest BCUT2D eigenvalue weighted by molar-refractivity contribution is 5.68. The maximum absolute atomic E-state index is 9.44. The van der Waals surface area contributed by atoms with Gasteiger partial charge in [-0.1, -0.05) is 42.5 Å². The van der Waals surface area contributed by atoms with Gasteiger partial charge in [-0.05, 0) is 91.8 Å². The number of aromatic nitrogens is 1. The molecule has 1 aromatic heterocycles. The van der Waals surface area contributed by atoms with Gasteiger partial charge in [0.15, 0.2) is 0 Å². The quantitative estimate of drug-likeness (QED) is 0.394. The Labute approximate surface area is 207 Å². The molecular weight excluding hydrogens is 432 g/mol. The Morgan fingerprint density at radius 1 is 0.914 bits per heavy atom. The molecule has 3 fully saturated rings. The normalized spacial score (nSPS) is 24.1. The van der Waals surface area contributed by atoms with Crippen LogP contribution in [0.2, 0.25) is 0 Å². The predicted molar refractivity (Wildman–Crippen MR) is 142 cm³/mol. The smallest absolute Gasteiger partial charge is 0.149 e. The van der Waals surface area contributed by atoms with Crippen molar-refractivity contribution < 1.29 is 0 Å². The van der Waals surface area contributed by atoms with Gasteiger partial charge in [-0.25, -0.2) is 4.98 Å². The molecule has 180 valence electrons. The molecule has 3 aromatic rings. The number of nitrogens with one attached hydrogen (secondary N) is 1. The van der Waals surface area contributed by atoms with Crippen molar-refractivity contribution in [1.29, 1.82) is 5.26 Å². The Morgan fingerprint density at radius 2 is 1.63 bits per heavy atom. The lowest BCUT2D eigenvalue weighted by atomic mass is 9.55. The number of pyridine rings is 1. The molecule has 1 atom stereocenters. The number of rotatable bonds is 7. The number of nitriles is 1. The molecule has 2 bridgehead atoms. The standard InChI is InChI=1S/C29H34N6/c30-19-20-5-4-6-21(17-20)23(24-18-25(31)35-27(33)26(24)32)9-16-34-29-13-10-28(11-14-29,12-15-29)22-7-2-1-3-8-22/h1-8,17-18,23,34H,9-16,32H2,(H4,31,33,35). The first-order chi connectivity index (χ1) is 16.9. The average Bonchev–Trinajstić information content (AvgIpc) is 2.90. The monoisotopic (exact) mass is 466 g/mol. The minimum atomic E-state index is -0.0320. The van der Waals surface area contributed by atoms with Gasteiger partial charge in [0.1, 0.15) is 11.6 Å². The SMILES string of the molecule is N#Cc1cccc(C(CCNC23CCC(c4ccccc4)(CC2)CC3)c2cc(N)nc(N)c2N)c1. The Kier molecular flexibility index (Phi) is 6.12. The molecule has 6 nitrogen and oxygen atoms in total. The van der Waals surface area contributed by atoms with Crippen LogP contribution in [0, 0.1) is 11.3 Å². The zero-order valence-electron chi connectivity index (χ0n) is 20.1. The molecule has 3 saturated carbocycles. The molecule has 0 amide bonds. The van der Waals surface area contributed by atoms with E-state index in [0.717, 1.165) is 24.1 Å². The number of anilines is 3. The second-order valence-corrected chi connectivity index (χ2v) is 10.4. The van der Waals surface area contributed by atoms with E-state index in [2.05, 4.69) is 46.7 Å². The molecule has 0 spiro atoms. The highest BCUT2D eigenvalue weighted by atomic mass is 15.0. The van der Waals surface area contributed by atoms with Gasteiger partial charge in [0.05, 0.1) is 17.3 Å². The van der Waals surface area contributed by atoms with E-state index in [1.54, 1.807) is 0 Å². The summed E-state index contributed by atoms with van der Waals surface area (Å²) in [4.78, 5) is 4.12. The lowest BCUT2D eigenvalue weighted by Crippen LogP contribution is -2.56. The first-order valence-corrected chi connectivity index (χ1v) is 12.6. The third kappa shape index (κ3) is 4.44. The number of hydrogen-bond acceptors (Lipinski definition) is 6. The van der Waals surface area contributed by atoms with E-state index in [4.69, 9.17) is 17.2 Å². The number of fused-ring (bicyclic) bond motifs is 3. The van der Waals surface area contributed by atoms with Gasteiger partial charge >= 0.3 is 0 Å². The summed E-state index contributed by atoms with van der Waals surface area (Å²) in [6.07, 6.45) is 8.15. The van der Waals surface area contributed by atoms with Crippen molar-refractivity contribution in [3.05, 3.63) is 82.9 Å². The summed E-state index contributed by atoms with van der Waals surface area (Å²) in [5.74, 6) is 0.580. The van der Waals surface area contributed by atoms with Crippen LogP contribution in [0.4, 0.5) is 17.3 Å². The fourth-order valence-corrected chi connectivity index (χ4v) is 6.39. The molecule has 0 aliphatic heterocycles. The third-order valence-corrected chi connectivity index (χ3v) is 8.50. The van der Waals surface area contributed by atoms with Crippen LogP contribution in [-0.2, 0) is 5.41 Å². The number of nitrogen functional groups attached to an aromatic ring is 3. The largest absolute Gasteiger partial charge is 0.396 e. The number of benzene rings is 2. The van der Waals surface area contributed by atoms with Crippen LogP contribution in [0.3, 0.4) is 0 Å². The maximum atomic E-state index is 9.44. The van der Waals surface area contributed by atoms with Crippen LogP contribution in [-0.4, -0.2) is 17.1 Å². The number of nitrogens with zero attached hydrogens (tertiary/aromatic N) is 2. The zero-order chi connectivity index (χ0) is 24.5. The topological polar surface area (TPSA) is 127 Å². The summed E-state index contributed by atoms with van der Waals surface area (Å²) in [5.41, 5.74) is 23.6. The average molecular weight is 467 g/mol. The lowest BCUT2D eigenvalue weighted by molar-refractivity contribution is 0.0770. The zero-order valence-corrected chi connectivity index (χ0v) is 20.1. The van der Waals surface area contributed by atoms with Crippen molar-refractivity contribution >= 4 is 17.3 Å². The van der Waals surface area contributed by atoms with E-state index in [0.29, 0.717) is 22.5 Å². The summed E-state index contributed by atoms with van der Waals surface area (Å²) < 4.78 is 0. The lowest BCUT2D eigenvalue weighted by Gasteiger charge is -2.54. The van der Waals surface area contributed by atoms with Crippen molar-refractivity contribution in [3.63, 3.8) is 0 Å².